The van der Waals surface area contributed by atoms with Crippen LogP contribution >= 0.6 is 11.6 Å². The van der Waals surface area contributed by atoms with Crippen LogP contribution in [0, 0.1) is 0 Å². The molecule has 0 fully saturated rings. The quantitative estimate of drug-likeness (QED) is 0.891. The van der Waals surface area contributed by atoms with Crippen molar-refractivity contribution in [3.05, 3.63) is 40.7 Å². The van der Waals surface area contributed by atoms with Gasteiger partial charge in [-0.3, -0.25) is 4.68 Å². The Morgan fingerprint density at radius 3 is 2.62 bits per heavy atom. The summed E-state index contributed by atoms with van der Waals surface area (Å²) in [6.45, 7) is 2.74. The summed E-state index contributed by atoms with van der Waals surface area (Å²) >= 11 is 6.16. The zero-order valence-corrected chi connectivity index (χ0v) is 13.1. The van der Waals surface area contributed by atoms with Gasteiger partial charge in [-0.1, -0.05) is 24.6 Å². The summed E-state index contributed by atoms with van der Waals surface area (Å²) < 4.78 is 12.2. The molecule has 0 bridgehead atoms. The van der Waals surface area contributed by atoms with E-state index in [4.69, 9.17) is 21.1 Å². The van der Waals surface area contributed by atoms with Gasteiger partial charge in [-0.2, -0.15) is 5.10 Å². The Morgan fingerprint density at radius 1 is 1.29 bits per heavy atom. The number of aryl methyl sites for hydroxylation is 1. The topological polar surface area (TPSA) is 56.5 Å². The number of hydrogen-bond donors (Lipinski definition) is 1. The lowest BCUT2D eigenvalue weighted by molar-refractivity contribution is 0.206. The molecule has 1 atom stereocenters. The van der Waals surface area contributed by atoms with Crippen LogP contribution in [0.15, 0.2) is 24.4 Å². The average molecular weight is 311 g/mol. The SMILES string of the molecule is CCCn1ncc(Cl)c1C(O)c1ccc(OC)c(OC)c1. The second-order valence-electron chi connectivity index (χ2n) is 4.62. The lowest BCUT2D eigenvalue weighted by Crippen LogP contribution is -2.10. The summed E-state index contributed by atoms with van der Waals surface area (Å²) in [5.74, 6) is 1.17. The molecule has 6 heteroatoms. The third kappa shape index (κ3) is 3.14. The molecule has 0 saturated carbocycles. The zero-order chi connectivity index (χ0) is 15.4. The summed E-state index contributed by atoms with van der Waals surface area (Å²) in [6.07, 6.45) is 1.59. The van der Waals surface area contributed by atoms with Gasteiger partial charge in [0.1, 0.15) is 6.10 Å². The van der Waals surface area contributed by atoms with E-state index in [0.29, 0.717) is 34.3 Å². The molecule has 2 aromatic rings. The van der Waals surface area contributed by atoms with Crippen molar-refractivity contribution < 1.29 is 14.6 Å². The van der Waals surface area contributed by atoms with Gasteiger partial charge >= 0.3 is 0 Å². The fraction of sp³-hybridized carbons (Fsp3) is 0.400. The minimum absolute atomic E-state index is 0.450. The van der Waals surface area contributed by atoms with Crippen LogP contribution in [0.2, 0.25) is 5.02 Å². The van der Waals surface area contributed by atoms with Gasteiger partial charge < -0.3 is 14.6 Å². The third-order valence-corrected chi connectivity index (χ3v) is 3.54. The average Bonchev–Trinajstić information content (AvgIpc) is 2.87. The molecule has 1 aromatic carbocycles. The van der Waals surface area contributed by atoms with Gasteiger partial charge in [0.2, 0.25) is 0 Å². The Bertz CT molecular complexity index is 613. The van der Waals surface area contributed by atoms with Crippen molar-refractivity contribution in [2.75, 3.05) is 14.2 Å². The molecule has 5 nitrogen and oxygen atoms in total. The van der Waals surface area contributed by atoms with E-state index in [0.717, 1.165) is 6.42 Å². The number of aliphatic hydroxyl groups excluding tert-OH is 1. The van der Waals surface area contributed by atoms with Crippen LogP contribution in [0.4, 0.5) is 0 Å². The third-order valence-electron chi connectivity index (χ3n) is 3.25. The highest BCUT2D eigenvalue weighted by Gasteiger charge is 2.21. The maximum atomic E-state index is 10.6. The fourth-order valence-electron chi connectivity index (χ4n) is 2.21. The van der Waals surface area contributed by atoms with Gasteiger partial charge in [0.05, 0.1) is 31.1 Å². The van der Waals surface area contributed by atoms with Crippen LogP contribution in [0.3, 0.4) is 0 Å². The highest BCUT2D eigenvalue weighted by molar-refractivity contribution is 6.31. The van der Waals surface area contributed by atoms with E-state index in [9.17, 15) is 5.11 Å². The summed E-state index contributed by atoms with van der Waals surface area (Å²) in [7, 11) is 3.13. The molecule has 0 saturated heterocycles. The second kappa shape index (κ2) is 6.83. The van der Waals surface area contributed by atoms with E-state index >= 15 is 0 Å². The molecule has 1 aromatic heterocycles. The fourth-order valence-corrected chi connectivity index (χ4v) is 2.46. The van der Waals surface area contributed by atoms with Gasteiger partial charge in [-0.25, -0.2) is 0 Å². The molecule has 2 rings (SSSR count). The summed E-state index contributed by atoms with van der Waals surface area (Å²) in [5, 5.41) is 15.3. The van der Waals surface area contributed by atoms with E-state index in [1.165, 1.54) is 0 Å². The second-order valence-corrected chi connectivity index (χ2v) is 5.03. The van der Waals surface area contributed by atoms with Crippen molar-refractivity contribution in [3.63, 3.8) is 0 Å². The number of benzene rings is 1. The van der Waals surface area contributed by atoms with Crippen LogP contribution in [-0.2, 0) is 6.54 Å². The molecule has 1 N–H and O–H groups in total. The van der Waals surface area contributed by atoms with Crippen molar-refractivity contribution >= 4 is 11.6 Å². The van der Waals surface area contributed by atoms with Crippen molar-refractivity contribution in [1.29, 1.82) is 0 Å². The first kappa shape index (κ1) is 15.7. The Kier molecular flexibility index (Phi) is 5.09. The molecule has 0 radical (unpaired) electrons. The first-order valence-electron chi connectivity index (χ1n) is 6.73. The predicted molar refractivity (Wildman–Crippen MR) is 81.1 cm³/mol. The van der Waals surface area contributed by atoms with Gasteiger partial charge in [0.25, 0.3) is 0 Å². The molecule has 114 valence electrons. The lowest BCUT2D eigenvalue weighted by Gasteiger charge is -2.16. The Morgan fingerprint density at radius 2 is 2.00 bits per heavy atom. The molecule has 0 aliphatic heterocycles. The molecule has 21 heavy (non-hydrogen) atoms. The number of ether oxygens (including phenoxy) is 2. The van der Waals surface area contributed by atoms with Crippen molar-refractivity contribution in [1.82, 2.24) is 9.78 Å². The minimum Gasteiger partial charge on any atom is -0.493 e. The maximum Gasteiger partial charge on any atom is 0.161 e. The number of aromatic nitrogens is 2. The smallest absolute Gasteiger partial charge is 0.161 e. The predicted octanol–water partition coefficient (Wildman–Crippen LogP) is 3.05. The van der Waals surface area contributed by atoms with Crippen LogP contribution in [0.1, 0.15) is 30.7 Å². The summed E-state index contributed by atoms with van der Waals surface area (Å²) in [4.78, 5) is 0. The number of hydrogen-bond acceptors (Lipinski definition) is 4. The molecule has 1 heterocycles. The number of aliphatic hydroxyl groups is 1. The van der Waals surface area contributed by atoms with Crippen molar-refractivity contribution in [3.8, 4) is 11.5 Å². The van der Waals surface area contributed by atoms with Gasteiger partial charge in [-0.05, 0) is 24.1 Å². The van der Waals surface area contributed by atoms with E-state index in [-0.39, 0.29) is 0 Å². The van der Waals surface area contributed by atoms with Crippen LogP contribution in [0.25, 0.3) is 0 Å². The van der Waals surface area contributed by atoms with E-state index < -0.39 is 6.10 Å². The monoisotopic (exact) mass is 310 g/mol. The van der Waals surface area contributed by atoms with Crippen molar-refractivity contribution in [2.24, 2.45) is 0 Å². The van der Waals surface area contributed by atoms with Crippen molar-refractivity contribution in [2.45, 2.75) is 26.0 Å². The maximum absolute atomic E-state index is 10.6. The van der Waals surface area contributed by atoms with E-state index in [1.54, 1.807) is 43.3 Å². The summed E-state index contributed by atoms with van der Waals surface area (Å²) in [6, 6.07) is 5.28. The largest absolute Gasteiger partial charge is 0.493 e. The molecule has 0 aliphatic rings. The first-order valence-corrected chi connectivity index (χ1v) is 7.11. The Hall–Kier alpha value is -1.72. The summed E-state index contributed by atoms with van der Waals surface area (Å²) in [5.41, 5.74) is 1.26. The highest BCUT2D eigenvalue weighted by Crippen LogP contribution is 2.34. The van der Waals surface area contributed by atoms with E-state index in [1.807, 2.05) is 6.92 Å². The van der Waals surface area contributed by atoms with Crippen LogP contribution < -0.4 is 9.47 Å². The molecular weight excluding hydrogens is 292 g/mol. The first-order chi connectivity index (χ1) is 10.1. The van der Waals surface area contributed by atoms with Crippen LogP contribution in [0.5, 0.6) is 11.5 Å². The number of rotatable bonds is 6. The Labute approximate surface area is 129 Å². The number of nitrogens with zero attached hydrogens (tertiary/aromatic N) is 2. The minimum atomic E-state index is -0.869. The molecule has 0 spiro atoms. The number of methoxy groups -OCH3 is 2. The van der Waals surface area contributed by atoms with Gasteiger partial charge in [-0.15, -0.1) is 0 Å². The zero-order valence-electron chi connectivity index (χ0n) is 12.3. The molecule has 0 amide bonds. The van der Waals surface area contributed by atoms with Gasteiger partial charge in [0.15, 0.2) is 11.5 Å². The molecule has 1 unspecified atom stereocenters. The standard InChI is InChI=1S/C15H19ClN2O3/c1-4-7-18-14(11(16)9-17-18)15(19)10-5-6-12(20-2)13(8-10)21-3/h5-6,8-9,15,19H,4,7H2,1-3H3. The van der Waals surface area contributed by atoms with Gasteiger partial charge in [0, 0.05) is 6.54 Å². The lowest BCUT2D eigenvalue weighted by atomic mass is 10.1. The normalized spacial score (nSPS) is 12.2. The number of halogens is 1. The molecular formula is C15H19ClN2O3. The Balaban J connectivity index is 2.40. The van der Waals surface area contributed by atoms with E-state index in [2.05, 4.69) is 5.10 Å². The highest BCUT2D eigenvalue weighted by atomic mass is 35.5. The molecule has 0 aliphatic carbocycles. The van der Waals surface area contributed by atoms with Crippen LogP contribution in [-0.4, -0.2) is 29.1 Å².